The Hall–Kier alpha value is -2.48. The van der Waals surface area contributed by atoms with E-state index < -0.39 is 12.2 Å². The van der Waals surface area contributed by atoms with Gasteiger partial charge in [0.05, 0.1) is 5.56 Å². The van der Waals surface area contributed by atoms with Crippen molar-refractivity contribution in [3.8, 4) is 17.6 Å². The summed E-state index contributed by atoms with van der Waals surface area (Å²) < 4.78 is 52.9. The van der Waals surface area contributed by atoms with E-state index in [1.807, 2.05) is 0 Å². The number of halogens is 4. The van der Waals surface area contributed by atoms with Crippen LogP contribution < -0.4 is 4.74 Å². The quantitative estimate of drug-likeness (QED) is 0.564. The van der Waals surface area contributed by atoms with Gasteiger partial charge in [0, 0.05) is 5.56 Å². The summed E-state index contributed by atoms with van der Waals surface area (Å²) >= 11 is 0. The molecule has 0 fully saturated rings. The lowest BCUT2D eigenvalue weighted by Gasteiger charge is -2.07. The summed E-state index contributed by atoms with van der Waals surface area (Å²) in [6.07, 6.45) is -4.72. The standard InChI is InChI=1S/C15H8F4O/c16-14-4-2-1-3-12(14)8-5-11-6-9-13(10-7-11)20-15(17,18)19/h1-4,6-7,9-10H. The molecule has 0 radical (unpaired) electrons. The second kappa shape index (κ2) is 5.66. The SMILES string of the molecule is Fc1ccccc1C#Cc1ccc(OC(F)(F)F)cc1. The van der Waals surface area contributed by atoms with Gasteiger partial charge < -0.3 is 4.74 Å². The highest BCUT2D eigenvalue weighted by Gasteiger charge is 2.30. The average Bonchev–Trinajstić information content (AvgIpc) is 2.38. The van der Waals surface area contributed by atoms with Gasteiger partial charge in [-0.25, -0.2) is 4.39 Å². The molecule has 0 atom stereocenters. The summed E-state index contributed by atoms with van der Waals surface area (Å²) in [5, 5.41) is 0. The highest BCUT2D eigenvalue weighted by molar-refractivity contribution is 5.44. The Morgan fingerprint density at radius 2 is 1.50 bits per heavy atom. The molecule has 0 aliphatic rings. The molecule has 0 unspecified atom stereocenters. The minimum Gasteiger partial charge on any atom is -0.406 e. The van der Waals surface area contributed by atoms with Gasteiger partial charge >= 0.3 is 6.36 Å². The Kier molecular flexibility index (Phi) is 3.94. The Morgan fingerprint density at radius 3 is 2.10 bits per heavy atom. The Balaban J connectivity index is 2.14. The smallest absolute Gasteiger partial charge is 0.406 e. The summed E-state index contributed by atoms with van der Waals surface area (Å²) in [7, 11) is 0. The zero-order valence-electron chi connectivity index (χ0n) is 10.0. The first-order chi connectivity index (χ1) is 9.44. The number of alkyl halides is 3. The zero-order valence-corrected chi connectivity index (χ0v) is 10.0. The van der Waals surface area contributed by atoms with Crippen LogP contribution in [0.5, 0.6) is 5.75 Å². The van der Waals surface area contributed by atoms with Crippen molar-refractivity contribution in [2.75, 3.05) is 0 Å². The van der Waals surface area contributed by atoms with Crippen molar-refractivity contribution < 1.29 is 22.3 Å². The van der Waals surface area contributed by atoms with E-state index in [9.17, 15) is 17.6 Å². The van der Waals surface area contributed by atoms with Gasteiger partial charge in [0.1, 0.15) is 11.6 Å². The maximum absolute atomic E-state index is 13.3. The van der Waals surface area contributed by atoms with Crippen LogP contribution in [0.2, 0.25) is 0 Å². The fourth-order valence-corrected chi connectivity index (χ4v) is 1.44. The molecule has 0 aliphatic carbocycles. The number of rotatable bonds is 1. The molecule has 2 aromatic rings. The van der Waals surface area contributed by atoms with E-state index in [0.717, 1.165) is 12.1 Å². The maximum Gasteiger partial charge on any atom is 0.573 e. The van der Waals surface area contributed by atoms with Crippen LogP contribution in [0.15, 0.2) is 48.5 Å². The first kappa shape index (κ1) is 13.9. The van der Waals surface area contributed by atoms with Crippen LogP contribution in [0.3, 0.4) is 0 Å². The minimum absolute atomic E-state index is 0.225. The van der Waals surface area contributed by atoms with Crippen molar-refractivity contribution in [3.63, 3.8) is 0 Å². The van der Waals surface area contributed by atoms with E-state index in [1.165, 1.54) is 24.3 Å². The summed E-state index contributed by atoms with van der Waals surface area (Å²) in [6, 6.07) is 11.0. The van der Waals surface area contributed by atoms with Gasteiger partial charge in [-0.3, -0.25) is 0 Å². The molecule has 0 N–H and O–H groups in total. The molecule has 102 valence electrons. The van der Waals surface area contributed by atoms with E-state index in [2.05, 4.69) is 16.6 Å². The molecule has 0 bridgehead atoms. The van der Waals surface area contributed by atoms with Crippen LogP contribution in [-0.2, 0) is 0 Å². The van der Waals surface area contributed by atoms with Crippen molar-refractivity contribution >= 4 is 0 Å². The molecule has 2 aromatic carbocycles. The number of hydrogen-bond acceptors (Lipinski definition) is 1. The van der Waals surface area contributed by atoms with Crippen LogP contribution in [0.25, 0.3) is 0 Å². The molecule has 0 aromatic heterocycles. The van der Waals surface area contributed by atoms with Crippen LogP contribution >= 0.6 is 0 Å². The molecule has 0 aliphatic heterocycles. The van der Waals surface area contributed by atoms with Crippen LogP contribution in [0.4, 0.5) is 17.6 Å². The normalized spacial score (nSPS) is 10.6. The third-order valence-corrected chi connectivity index (χ3v) is 2.30. The topological polar surface area (TPSA) is 9.23 Å². The molecule has 2 rings (SSSR count). The Morgan fingerprint density at radius 1 is 0.850 bits per heavy atom. The number of ether oxygens (including phenoxy) is 1. The first-order valence-corrected chi connectivity index (χ1v) is 5.56. The van der Waals surface area contributed by atoms with Gasteiger partial charge in [-0.2, -0.15) is 0 Å². The van der Waals surface area contributed by atoms with E-state index in [0.29, 0.717) is 5.56 Å². The third-order valence-electron chi connectivity index (χ3n) is 2.30. The van der Waals surface area contributed by atoms with Gasteiger partial charge in [0.15, 0.2) is 0 Å². The molecular weight excluding hydrogens is 272 g/mol. The van der Waals surface area contributed by atoms with Crippen LogP contribution in [0.1, 0.15) is 11.1 Å². The van der Waals surface area contributed by atoms with E-state index in [4.69, 9.17) is 0 Å². The summed E-state index contributed by atoms with van der Waals surface area (Å²) in [5.74, 6) is 4.50. The number of hydrogen-bond donors (Lipinski definition) is 0. The lowest BCUT2D eigenvalue weighted by Crippen LogP contribution is -2.16. The monoisotopic (exact) mass is 280 g/mol. The summed E-state index contributed by atoms with van der Waals surface area (Å²) in [5.41, 5.74) is 0.686. The Labute approximate surface area is 112 Å². The summed E-state index contributed by atoms with van der Waals surface area (Å²) in [4.78, 5) is 0. The molecule has 0 spiro atoms. The highest BCUT2D eigenvalue weighted by atomic mass is 19.4. The van der Waals surface area contributed by atoms with Gasteiger partial charge in [0.2, 0.25) is 0 Å². The van der Waals surface area contributed by atoms with Crippen molar-refractivity contribution in [2.45, 2.75) is 6.36 Å². The molecule has 0 amide bonds. The first-order valence-electron chi connectivity index (χ1n) is 5.56. The van der Waals surface area contributed by atoms with Gasteiger partial charge in [-0.1, -0.05) is 24.0 Å². The van der Waals surface area contributed by atoms with Crippen molar-refractivity contribution in [3.05, 3.63) is 65.5 Å². The average molecular weight is 280 g/mol. The second-order valence-electron chi connectivity index (χ2n) is 3.80. The predicted octanol–water partition coefficient (Wildman–Crippen LogP) is 4.12. The minimum atomic E-state index is -4.72. The lowest BCUT2D eigenvalue weighted by molar-refractivity contribution is -0.274. The molecular formula is C15H8F4O. The highest BCUT2D eigenvalue weighted by Crippen LogP contribution is 2.22. The summed E-state index contributed by atoms with van der Waals surface area (Å²) in [6.45, 7) is 0. The molecule has 5 heteroatoms. The van der Waals surface area contributed by atoms with Crippen LogP contribution in [0, 0.1) is 17.7 Å². The van der Waals surface area contributed by atoms with E-state index in [-0.39, 0.29) is 11.3 Å². The fraction of sp³-hybridized carbons (Fsp3) is 0.0667. The molecule has 0 heterocycles. The number of benzene rings is 2. The fourth-order valence-electron chi connectivity index (χ4n) is 1.44. The van der Waals surface area contributed by atoms with Crippen molar-refractivity contribution in [1.82, 2.24) is 0 Å². The molecule has 0 saturated carbocycles. The van der Waals surface area contributed by atoms with Crippen LogP contribution in [-0.4, -0.2) is 6.36 Å². The Bertz CT molecular complexity index is 648. The van der Waals surface area contributed by atoms with Crippen molar-refractivity contribution in [1.29, 1.82) is 0 Å². The molecule has 20 heavy (non-hydrogen) atoms. The van der Waals surface area contributed by atoms with E-state index >= 15 is 0 Å². The van der Waals surface area contributed by atoms with Gasteiger partial charge in [-0.05, 0) is 36.4 Å². The van der Waals surface area contributed by atoms with E-state index in [1.54, 1.807) is 12.1 Å². The van der Waals surface area contributed by atoms with Crippen molar-refractivity contribution in [2.24, 2.45) is 0 Å². The predicted molar refractivity (Wildman–Crippen MR) is 65.5 cm³/mol. The molecule has 1 nitrogen and oxygen atoms in total. The molecule has 0 saturated heterocycles. The second-order valence-corrected chi connectivity index (χ2v) is 3.80. The maximum atomic E-state index is 13.3. The van der Waals surface area contributed by atoms with Gasteiger partial charge in [0.25, 0.3) is 0 Å². The largest absolute Gasteiger partial charge is 0.573 e. The van der Waals surface area contributed by atoms with Gasteiger partial charge in [-0.15, -0.1) is 13.2 Å². The third kappa shape index (κ3) is 4.02. The zero-order chi connectivity index (χ0) is 14.6. The lowest BCUT2D eigenvalue weighted by atomic mass is 10.1.